The molecule has 0 aromatic carbocycles. The number of nitrogen functional groups attached to an aromatic ring is 2. The summed E-state index contributed by atoms with van der Waals surface area (Å²) in [4.78, 5) is 17.0. The van der Waals surface area contributed by atoms with Gasteiger partial charge in [-0.15, -0.1) is 0 Å². The van der Waals surface area contributed by atoms with Gasteiger partial charge < -0.3 is 27.2 Å². The van der Waals surface area contributed by atoms with Gasteiger partial charge in [0.1, 0.15) is 17.7 Å². The Bertz CT molecular complexity index is 450. The van der Waals surface area contributed by atoms with E-state index in [1.807, 2.05) is 0 Å². The molecule has 7 nitrogen and oxygen atoms in total. The molecule has 2 unspecified atom stereocenters. The topological polar surface area (TPSA) is 131 Å². The molecule has 1 amide bonds. The summed E-state index contributed by atoms with van der Waals surface area (Å²) >= 11 is 0. The van der Waals surface area contributed by atoms with Crippen molar-refractivity contribution in [3.8, 4) is 0 Å². The molecule has 0 saturated carbocycles. The van der Waals surface area contributed by atoms with Crippen molar-refractivity contribution in [3.05, 3.63) is 12.1 Å². The number of carbonyl (C=O) groups excluding carboxylic acids is 1. The Morgan fingerprint density at radius 3 is 2.76 bits per heavy atom. The second-order valence-corrected chi connectivity index (χ2v) is 4.04. The van der Waals surface area contributed by atoms with E-state index in [0.29, 0.717) is 24.5 Å². The van der Waals surface area contributed by atoms with Crippen molar-refractivity contribution < 1.29 is 9.90 Å². The Morgan fingerprint density at radius 2 is 2.18 bits per heavy atom. The van der Waals surface area contributed by atoms with E-state index in [1.54, 1.807) is 17.0 Å². The Labute approximate surface area is 98.2 Å². The molecule has 2 heterocycles. The van der Waals surface area contributed by atoms with Gasteiger partial charge in [-0.3, -0.25) is 4.79 Å². The number of pyridine rings is 1. The second kappa shape index (κ2) is 4.10. The van der Waals surface area contributed by atoms with E-state index in [2.05, 4.69) is 4.98 Å². The van der Waals surface area contributed by atoms with E-state index in [0.717, 1.165) is 0 Å². The van der Waals surface area contributed by atoms with Crippen LogP contribution in [0.4, 0.5) is 17.3 Å². The SMILES string of the molecule is NC(=O)C1C(O)CCN1c1ccc(N)c(N)n1. The molecule has 1 saturated heterocycles. The number of hydrogen-bond donors (Lipinski definition) is 4. The van der Waals surface area contributed by atoms with E-state index in [1.165, 1.54) is 0 Å². The van der Waals surface area contributed by atoms with Gasteiger partial charge in [-0.1, -0.05) is 0 Å². The van der Waals surface area contributed by atoms with Gasteiger partial charge >= 0.3 is 0 Å². The van der Waals surface area contributed by atoms with Crippen LogP contribution in [-0.2, 0) is 4.79 Å². The summed E-state index contributed by atoms with van der Waals surface area (Å²) in [6.45, 7) is 0.505. The lowest BCUT2D eigenvalue weighted by atomic mass is 10.1. The van der Waals surface area contributed by atoms with Crippen LogP contribution < -0.4 is 22.1 Å². The maximum Gasteiger partial charge on any atom is 0.242 e. The third kappa shape index (κ3) is 1.96. The predicted octanol–water partition coefficient (Wildman–Crippen LogP) is -1.33. The van der Waals surface area contributed by atoms with Gasteiger partial charge in [-0.2, -0.15) is 0 Å². The number of aliphatic hydroxyl groups excluding tert-OH is 1. The molecular weight excluding hydrogens is 222 g/mol. The molecule has 0 spiro atoms. The highest BCUT2D eigenvalue weighted by atomic mass is 16.3. The van der Waals surface area contributed by atoms with Crippen molar-refractivity contribution in [2.24, 2.45) is 5.73 Å². The third-order valence-electron chi connectivity index (χ3n) is 2.89. The van der Waals surface area contributed by atoms with Crippen LogP contribution in [0.15, 0.2) is 12.1 Å². The fourth-order valence-electron chi connectivity index (χ4n) is 2.01. The highest BCUT2D eigenvalue weighted by molar-refractivity contribution is 5.85. The first-order chi connectivity index (χ1) is 8.00. The van der Waals surface area contributed by atoms with E-state index in [9.17, 15) is 9.90 Å². The van der Waals surface area contributed by atoms with Crippen LogP contribution in [0, 0.1) is 0 Å². The first kappa shape index (κ1) is 11.5. The minimum absolute atomic E-state index is 0.201. The normalized spacial score (nSPS) is 23.9. The second-order valence-electron chi connectivity index (χ2n) is 4.04. The van der Waals surface area contributed by atoms with Crippen molar-refractivity contribution in [3.63, 3.8) is 0 Å². The molecule has 2 rings (SSSR count). The molecule has 17 heavy (non-hydrogen) atoms. The van der Waals surface area contributed by atoms with Crippen molar-refractivity contribution in [2.75, 3.05) is 22.9 Å². The lowest BCUT2D eigenvalue weighted by molar-refractivity contribution is -0.120. The predicted molar refractivity (Wildman–Crippen MR) is 64.0 cm³/mol. The summed E-state index contributed by atoms with van der Waals surface area (Å²) in [5, 5.41) is 9.69. The number of nitrogens with two attached hydrogens (primary N) is 3. The molecule has 1 aromatic heterocycles. The average molecular weight is 237 g/mol. The third-order valence-corrected chi connectivity index (χ3v) is 2.89. The van der Waals surface area contributed by atoms with Crippen LogP contribution in [0.2, 0.25) is 0 Å². The summed E-state index contributed by atoms with van der Waals surface area (Å²) < 4.78 is 0. The van der Waals surface area contributed by atoms with Gasteiger partial charge in [0.15, 0.2) is 0 Å². The van der Waals surface area contributed by atoms with Crippen molar-refractivity contribution in [1.82, 2.24) is 4.98 Å². The van der Waals surface area contributed by atoms with E-state index in [4.69, 9.17) is 17.2 Å². The molecule has 1 aliphatic heterocycles. The standard InChI is InChI=1S/C10H15N5O2/c11-5-1-2-7(14-9(5)12)15-4-3-6(16)8(15)10(13)17/h1-2,6,8,16H,3-4,11H2,(H2,12,14)(H2,13,17). The summed E-state index contributed by atoms with van der Waals surface area (Å²) in [6, 6.07) is 2.51. The number of anilines is 3. The maximum absolute atomic E-state index is 11.3. The van der Waals surface area contributed by atoms with Gasteiger partial charge in [0.05, 0.1) is 11.8 Å². The molecule has 2 atom stereocenters. The van der Waals surface area contributed by atoms with Gasteiger partial charge in [0, 0.05) is 6.54 Å². The number of aromatic nitrogens is 1. The van der Waals surface area contributed by atoms with E-state index >= 15 is 0 Å². The van der Waals surface area contributed by atoms with Crippen LogP contribution >= 0.6 is 0 Å². The number of primary amides is 1. The number of nitrogens with zero attached hydrogens (tertiary/aromatic N) is 2. The van der Waals surface area contributed by atoms with E-state index < -0.39 is 18.1 Å². The number of rotatable bonds is 2. The van der Waals surface area contributed by atoms with Crippen molar-refractivity contribution in [2.45, 2.75) is 18.6 Å². The lowest BCUT2D eigenvalue weighted by Gasteiger charge is -2.24. The van der Waals surface area contributed by atoms with Gasteiger partial charge in [0.2, 0.25) is 5.91 Å². The Kier molecular flexibility index (Phi) is 2.76. The Hall–Kier alpha value is -2.02. The maximum atomic E-state index is 11.3. The summed E-state index contributed by atoms with van der Waals surface area (Å²) in [7, 11) is 0. The molecule has 0 radical (unpaired) electrons. The minimum Gasteiger partial charge on any atom is -0.396 e. The first-order valence-electron chi connectivity index (χ1n) is 5.26. The summed E-state index contributed by atoms with van der Waals surface area (Å²) in [5.41, 5.74) is 16.8. The molecule has 92 valence electrons. The van der Waals surface area contributed by atoms with Crippen LogP contribution in [0.25, 0.3) is 0 Å². The summed E-state index contributed by atoms with van der Waals surface area (Å²) in [5.74, 6) is 0.122. The smallest absolute Gasteiger partial charge is 0.242 e. The van der Waals surface area contributed by atoms with Crippen LogP contribution in [0.3, 0.4) is 0 Å². The van der Waals surface area contributed by atoms with Gasteiger partial charge in [0.25, 0.3) is 0 Å². The zero-order chi connectivity index (χ0) is 12.6. The number of aliphatic hydroxyl groups is 1. The fraction of sp³-hybridized carbons (Fsp3) is 0.400. The summed E-state index contributed by atoms with van der Waals surface area (Å²) in [6.07, 6.45) is -0.299. The van der Waals surface area contributed by atoms with Crippen LogP contribution in [0.1, 0.15) is 6.42 Å². The quantitative estimate of drug-likeness (QED) is 0.504. The molecule has 1 aliphatic rings. The number of hydrogen-bond acceptors (Lipinski definition) is 6. The molecule has 0 aliphatic carbocycles. The first-order valence-corrected chi connectivity index (χ1v) is 5.26. The van der Waals surface area contributed by atoms with Crippen molar-refractivity contribution >= 4 is 23.2 Å². The van der Waals surface area contributed by atoms with E-state index in [-0.39, 0.29) is 5.82 Å². The number of carbonyl (C=O) groups is 1. The lowest BCUT2D eigenvalue weighted by Crippen LogP contribution is -2.46. The largest absolute Gasteiger partial charge is 0.396 e. The fourth-order valence-corrected chi connectivity index (χ4v) is 2.01. The molecular formula is C10H15N5O2. The van der Waals surface area contributed by atoms with Crippen LogP contribution in [0.5, 0.6) is 0 Å². The molecule has 1 fully saturated rings. The van der Waals surface area contributed by atoms with Crippen LogP contribution in [-0.4, -0.2) is 34.7 Å². The zero-order valence-electron chi connectivity index (χ0n) is 9.21. The molecule has 1 aromatic rings. The Morgan fingerprint density at radius 1 is 1.47 bits per heavy atom. The molecule has 0 bridgehead atoms. The highest BCUT2D eigenvalue weighted by Gasteiger charge is 2.37. The Balaban J connectivity index is 2.32. The molecule has 7 heteroatoms. The highest BCUT2D eigenvalue weighted by Crippen LogP contribution is 2.26. The van der Waals surface area contributed by atoms with Gasteiger partial charge in [-0.25, -0.2) is 4.98 Å². The van der Waals surface area contributed by atoms with Crippen molar-refractivity contribution in [1.29, 1.82) is 0 Å². The minimum atomic E-state index is -0.770. The zero-order valence-corrected chi connectivity index (χ0v) is 9.21. The monoisotopic (exact) mass is 237 g/mol. The average Bonchev–Trinajstić information content (AvgIpc) is 2.64. The van der Waals surface area contributed by atoms with Gasteiger partial charge in [-0.05, 0) is 18.6 Å². The molecule has 7 N–H and O–H groups in total. The number of amides is 1.